The van der Waals surface area contributed by atoms with Crippen LogP contribution >= 0.6 is 12.6 Å². The zero-order valence-electron chi connectivity index (χ0n) is 10.8. The number of aromatic hydroxyl groups is 2. The van der Waals surface area contributed by atoms with E-state index in [9.17, 15) is 14.6 Å². The third kappa shape index (κ3) is 2.44. The number of hydrogen-bond donors (Lipinski definition) is 3. The molecular weight excluding hydrogens is 277 g/mol. The standard InChI is InChI=1S/C14H10FNO2.CH4S/c15-11-8-9(4-5-14(11)18)16-7-6-10-12(16)2-1-3-13(10)17;1-2/h1-8,17-18H;2H,1H3. The van der Waals surface area contributed by atoms with Crippen molar-refractivity contribution in [2.75, 3.05) is 6.26 Å². The summed E-state index contributed by atoms with van der Waals surface area (Å²) in [6, 6.07) is 11.1. The molecule has 0 aliphatic rings. The average molecular weight is 291 g/mol. The molecule has 0 fully saturated rings. The molecule has 3 rings (SSSR count). The molecule has 2 N–H and O–H groups in total. The largest absolute Gasteiger partial charge is 0.507 e. The van der Waals surface area contributed by atoms with Gasteiger partial charge in [0, 0.05) is 23.3 Å². The molecule has 3 nitrogen and oxygen atoms in total. The molecule has 0 radical (unpaired) electrons. The van der Waals surface area contributed by atoms with Crippen molar-refractivity contribution in [2.45, 2.75) is 0 Å². The van der Waals surface area contributed by atoms with Gasteiger partial charge in [0.2, 0.25) is 0 Å². The molecule has 5 heteroatoms. The Balaban J connectivity index is 0.000000704. The summed E-state index contributed by atoms with van der Waals surface area (Å²) >= 11 is 3.53. The molecule has 2 aromatic carbocycles. The molecule has 1 heterocycles. The lowest BCUT2D eigenvalue weighted by Crippen LogP contribution is -1.92. The van der Waals surface area contributed by atoms with Crippen LogP contribution in [0, 0.1) is 5.82 Å². The van der Waals surface area contributed by atoms with E-state index in [-0.39, 0.29) is 11.5 Å². The summed E-state index contributed by atoms with van der Waals surface area (Å²) in [6.07, 6.45) is 3.44. The third-order valence-corrected chi connectivity index (χ3v) is 2.92. The van der Waals surface area contributed by atoms with Crippen molar-refractivity contribution in [2.24, 2.45) is 0 Å². The Morgan fingerprint density at radius 2 is 1.75 bits per heavy atom. The second-order valence-corrected chi connectivity index (χ2v) is 4.03. The Hall–Kier alpha value is -2.14. The van der Waals surface area contributed by atoms with E-state index in [1.807, 2.05) is 6.07 Å². The summed E-state index contributed by atoms with van der Waals surface area (Å²) < 4.78 is 15.1. The van der Waals surface area contributed by atoms with Crippen molar-refractivity contribution < 1.29 is 14.6 Å². The predicted octanol–water partition coefficient (Wildman–Crippen LogP) is 3.73. The fourth-order valence-corrected chi connectivity index (χ4v) is 2.02. The van der Waals surface area contributed by atoms with Gasteiger partial charge in [-0.15, -0.1) is 0 Å². The van der Waals surface area contributed by atoms with Gasteiger partial charge in [0.25, 0.3) is 0 Å². The number of nitrogens with zero attached hydrogens (tertiary/aromatic N) is 1. The highest BCUT2D eigenvalue weighted by Gasteiger charge is 2.08. The number of benzene rings is 2. The summed E-state index contributed by atoms with van der Waals surface area (Å²) in [5.74, 6) is -0.863. The Morgan fingerprint density at radius 1 is 1.00 bits per heavy atom. The Kier molecular flexibility index (Phi) is 4.20. The quantitative estimate of drug-likeness (QED) is 0.598. The van der Waals surface area contributed by atoms with Crippen LogP contribution in [0.15, 0.2) is 48.7 Å². The van der Waals surface area contributed by atoms with Gasteiger partial charge in [-0.3, -0.25) is 0 Å². The zero-order valence-corrected chi connectivity index (χ0v) is 11.7. The lowest BCUT2D eigenvalue weighted by Gasteiger charge is -2.06. The summed E-state index contributed by atoms with van der Waals surface area (Å²) in [4.78, 5) is 0. The minimum absolute atomic E-state index is 0.186. The molecule has 104 valence electrons. The molecule has 20 heavy (non-hydrogen) atoms. The van der Waals surface area contributed by atoms with Gasteiger partial charge < -0.3 is 14.8 Å². The first kappa shape index (κ1) is 14.3. The second kappa shape index (κ2) is 5.88. The zero-order chi connectivity index (χ0) is 14.7. The number of aromatic nitrogens is 1. The number of hydrogen-bond acceptors (Lipinski definition) is 3. The van der Waals surface area contributed by atoms with Crippen LogP contribution in [0.4, 0.5) is 4.39 Å². The molecule has 3 aromatic rings. The highest BCUT2D eigenvalue weighted by molar-refractivity contribution is 7.79. The summed E-state index contributed by atoms with van der Waals surface area (Å²) in [7, 11) is 0. The molecular formula is C15H14FNO2S. The summed E-state index contributed by atoms with van der Waals surface area (Å²) in [6.45, 7) is 0. The molecule has 0 bridgehead atoms. The van der Waals surface area contributed by atoms with Crippen molar-refractivity contribution in [1.29, 1.82) is 0 Å². The van der Waals surface area contributed by atoms with Crippen molar-refractivity contribution >= 4 is 23.5 Å². The van der Waals surface area contributed by atoms with Gasteiger partial charge in [-0.05, 0) is 36.6 Å². The lowest BCUT2D eigenvalue weighted by molar-refractivity contribution is 0.432. The fraction of sp³-hybridized carbons (Fsp3) is 0.0667. The number of phenols is 2. The van der Waals surface area contributed by atoms with Gasteiger partial charge in [0.15, 0.2) is 11.6 Å². The van der Waals surface area contributed by atoms with E-state index in [0.29, 0.717) is 11.1 Å². The predicted molar refractivity (Wildman–Crippen MR) is 81.5 cm³/mol. The van der Waals surface area contributed by atoms with Crippen molar-refractivity contribution in [1.82, 2.24) is 4.57 Å². The Bertz CT molecular complexity index is 740. The molecule has 0 atom stereocenters. The molecule has 0 aliphatic carbocycles. The monoisotopic (exact) mass is 291 g/mol. The molecule has 0 amide bonds. The van der Waals surface area contributed by atoms with E-state index in [4.69, 9.17) is 0 Å². The minimum atomic E-state index is -0.672. The number of rotatable bonds is 1. The first-order valence-corrected chi connectivity index (χ1v) is 6.79. The SMILES string of the molecule is CS.Oc1ccc(-n2ccc3c(O)cccc32)cc1F. The number of fused-ring (bicyclic) bond motifs is 1. The lowest BCUT2D eigenvalue weighted by atomic mass is 10.2. The van der Waals surface area contributed by atoms with Gasteiger partial charge in [0.1, 0.15) is 5.75 Å². The maximum Gasteiger partial charge on any atom is 0.166 e. The third-order valence-electron chi connectivity index (χ3n) is 2.92. The summed E-state index contributed by atoms with van der Waals surface area (Å²) in [5, 5.41) is 19.6. The van der Waals surface area contributed by atoms with E-state index in [2.05, 4.69) is 12.6 Å². The molecule has 0 saturated heterocycles. The van der Waals surface area contributed by atoms with Gasteiger partial charge in [-0.25, -0.2) is 4.39 Å². The van der Waals surface area contributed by atoms with Crippen LogP contribution < -0.4 is 0 Å². The van der Waals surface area contributed by atoms with Crippen LogP contribution in [0.1, 0.15) is 0 Å². The average Bonchev–Trinajstić information content (AvgIpc) is 2.90. The molecule has 0 unspecified atom stereocenters. The van der Waals surface area contributed by atoms with Crippen LogP contribution in [0.3, 0.4) is 0 Å². The van der Waals surface area contributed by atoms with E-state index in [1.165, 1.54) is 12.1 Å². The number of phenolic OH excluding ortho intramolecular Hbond substituents is 2. The van der Waals surface area contributed by atoms with Crippen molar-refractivity contribution in [3.05, 3.63) is 54.5 Å². The van der Waals surface area contributed by atoms with Gasteiger partial charge in [0.05, 0.1) is 5.52 Å². The van der Waals surface area contributed by atoms with Gasteiger partial charge in [-0.1, -0.05) is 6.07 Å². The van der Waals surface area contributed by atoms with Crippen molar-refractivity contribution in [3.63, 3.8) is 0 Å². The first-order valence-electron chi connectivity index (χ1n) is 5.89. The minimum Gasteiger partial charge on any atom is -0.507 e. The summed E-state index contributed by atoms with van der Waals surface area (Å²) in [5.41, 5.74) is 1.37. The second-order valence-electron chi connectivity index (χ2n) is 4.03. The highest BCUT2D eigenvalue weighted by Crippen LogP contribution is 2.28. The highest BCUT2D eigenvalue weighted by atomic mass is 32.1. The normalized spacial score (nSPS) is 10.2. The van der Waals surface area contributed by atoms with Gasteiger partial charge in [-0.2, -0.15) is 12.6 Å². The fourth-order valence-electron chi connectivity index (χ4n) is 2.02. The Labute approximate surface area is 121 Å². The molecule has 0 spiro atoms. The molecule has 0 aliphatic heterocycles. The van der Waals surface area contributed by atoms with Crippen LogP contribution in [-0.2, 0) is 0 Å². The van der Waals surface area contributed by atoms with Crippen LogP contribution in [-0.4, -0.2) is 21.0 Å². The van der Waals surface area contributed by atoms with Crippen LogP contribution in [0.5, 0.6) is 11.5 Å². The van der Waals surface area contributed by atoms with Crippen LogP contribution in [0.25, 0.3) is 16.6 Å². The Morgan fingerprint density at radius 3 is 2.45 bits per heavy atom. The maximum absolute atomic E-state index is 13.3. The van der Waals surface area contributed by atoms with Crippen molar-refractivity contribution in [3.8, 4) is 17.2 Å². The smallest absolute Gasteiger partial charge is 0.166 e. The first-order chi connectivity index (χ1) is 9.66. The van der Waals surface area contributed by atoms with E-state index in [1.54, 1.807) is 41.3 Å². The number of thiol groups is 1. The van der Waals surface area contributed by atoms with Crippen LogP contribution in [0.2, 0.25) is 0 Å². The number of halogens is 1. The molecule has 0 saturated carbocycles. The maximum atomic E-state index is 13.3. The topological polar surface area (TPSA) is 45.4 Å². The molecule has 1 aromatic heterocycles. The van der Waals surface area contributed by atoms with E-state index in [0.717, 1.165) is 5.52 Å². The van der Waals surface area contributed by atoms with Gasteiger partial charge >= 0.3 is 0 Å². The van der Waals surface area contributed by atoms with E-state index < -0.39 is 5.82 Å². The van der Waals surface area contributed by atoms with E-state index >= 15 is 0 Å².